The Morgan fingerprint density at radius 2 is 1.46 bits per heavy atom. The van der Waals surface area contributed by atoms with E-state index in [-0.39, 0.29) is 55.0 Å². The number of hydrogen-bond donors (Lipinski definition) is 5. The molecular formula is C48H49N7O9S. The normalized spacial score (nSPS) is 17.1. The first-order valence-electron chi connectivity index (χ1n) is 21.3. The lowest BCUT2D eigenvalue weighted by Crippen LogP contribution is -2.72. The van der Waals surface area contributed by atoms with E-state index in [0.29, 0.717) is 6.54 Å². The zero-order chi connectivity index (χ0) is 45.6. The van der Waals surface area contributed by atoms with Crippen molar-refractivity contribution in [3.05, 3.63) is 143 Å². The van der Waals surface area contributed by atoms with Gasteiger partial charge >= 0.3 is 18.2 Å². The summed E-state index contributed by atoms with van der Waals surface area (Å²) < 4.78 is 17.0. The first-order valence-corrected chi connectivity index (χ1v) is 22.2. The Hall–Kier alpha value is -7.11. The number of nitrogens with one attached hydrogen (secondary N) is 5. The van der Waals surface area contributed by atoms with E-state index in [1.54, 1.807) is 20.8 Å². The second kappa shape index (κ2) is 19.3. The lowest BCUT2D eigenvalue weighted by atomic mass is 9.98. The number of carbonyl (C=O) groups is 5. The maximum atomic E-state index is 14.0. The number of fused-ring (bicyclic) bond motifs is 3. The Labute approximate surface area is 379 Å². The number of esters is 1. The number of nitrogens with zero attached hydrogens (tertiary/aromatic N) is 2. The number of amides is 4. The van der Waals surface area contributed by atoms with Crippen LogP contribution in [0, 0.1) is 0 Å². The Morgan fingerprint density at radius 3 is 2.06 bits per heavy atom. The molecule has 0 unspecified atom stereocenters. The summed E-state index contributed by atoms with van der Waals surface area (Å²) in [6, 6.07) is 33.3. The molecule has 336 valence electrons. The number of hydrogen-bond acceptors (Lipinski definition) is 13. The number of rotatable bonds is 17. The number of β-lactam (4-membered cyclic amide) rings is 1. The summed E-state index contributed by atoms with van der Waals surface area (Å²) >= 11 is 1.01. The molecule has 8 rings (SSSR count). The third-order valence-corrected chi connectivity index (χ3v) is 11.7. The molecule has 17 heteroatoms. The van der Waals surface area contributed by atoms with Crippen LogP contribution < -0.4 is 26.6 Å². The minimum atomic E-state index is -1.48. The molecule has 2 fully saturated rings. The van der Waals surface area contributed by atoms with Gasteiger partial charge in [0.05, 0.1) is 6.04 Å². The zero-order valence-corrected chi connectivity index (χ0v) is 36.8. The van der Waals surface area contributed by atoms with Gasteiger partial charge in [0.1, 0.15) is 23.9 Å². The average molecular weight is 900 g/mol. The Bertz CT molecular complexity index is 2490. The van der Waals surface area contributed by atoms with Gasteiger partial charge in [-0.3, -0.25) is 14.9 Å². The van der Waals surface area contributed by atoms with Crippen molar-refractivity contribution in [1.29, 1.82) is 0 Å². The van der Waals surface area contributed by atoms with Gasteiger partial charge < -0.3 is 40.3 Å². The lowest BCUT2D eigenvalue weighted by molar-refractivity contribution is -0.164. The van der Waals surface area contributed by atoms with Gasteiger partial charge in [0, 0.05) is 43.8 Å². The molecular weight excluding hydrogens is 851 g/mol. The van der Waals surface area contributed by atoms with Crippen molar-refractivity contribution in [1.82, 2.24) is 26.3 Å². The molecule has 5 aromatic rings. The molecule has 65 heavy (non-hydrogen) atoms. The first kappa shape index (κ1) is 44.5. The van der Waals surface area contributed by atoms with Crippen LogP contribution >= 0.6 is 11.3 Å². The molecule has 1 saturated heterocycles. The van der Waals surface area contributed by atoms with E-state index in [4.69, 9.17) is 19.0 Å². The number of benzene rings is 4. The summed E-state index contributed by atoms with van der Waals surface area (Å²) in [5, 5.41) is 19.8. The number of carbonyl (C=O) groups excluding carboxylic acids is 5. The number of alkyl carbamates (subject to hydrolysis) is 1. The zero-order valence-electron chi connectivity index (χ0n) is 36.0. The number of anilines is 1. The van der Waals surface area contributed by atoms with Crippen molar-refractivity contribution in [2.24, 2.45) is 5.16 Å². The molecule has 2 atom stereocenters. The fraction of sp³-hybridized carbons (Fsp3) is 0.312. The van der Waals surface area contributed by atoms with E-state index in [9.17, 15) is 24.0 Å². The fourth-order valence-electron chi connectivity index (χ4n) is 7.56. The lowest BCUT2D eigenvalue weighted by Gasteiger charge is -2.37. The standard InChI is InChI=1S/C48H49N7O9S/c1-47(2,3)63-46(60)54-44-52-37(28-65-44)39(55-64-48(22-23-48)43(58)62-40(29-14-6-4-7-15-29)30-16-8-5-9-17-30)42(57)53-38-36(51-41(38)56)26-49-24-25-50-45(59)61-27-35-33-20-12-10-18-31(33)32-19-11-13-21-34(32)35/h4-21,28,35-36,38,40,49H,22-27H2,1-3H3,(H,50,59)(H,51,56)(H,53,57)(H,52,54,60)/t36-,38-/m0/s1. The van der Waals surface area contributed by atoms with Crippen molar-refractivity contribution in [3.63, 3.8) is 0 Å². The smallest absolute Gasteiger partial charge is 0.413 e. The summed E-state index contributed by atoms with van der Waals surface area (Å²) in [6.07, 6.45) is -1.48. The summed E-state index contributed by atoms with van der Waals surface area (Å²) in [7, 11) is 0. The van der Waals surface area contributed by atoms with Gasteiger partial charge in [-0.05, 0) is 54.2 Å². The van der Waals surface area contributed by atoms with Gasteiger partial charge in [-0.15, -0.1) is 11.3 Å². The van der Waals surface area contributed by atoms with Crippen LogP contribution in [0.3, 0.4) is 0 Å². The number of oxime groups is 1. The minimum absolute atomic E-state index is 0.0166. The van der Waals surface area contributed by atoms with E-state index >= 15 is 0 Å². The Morgan fingerprint density at radius 1 is 0.846 bits per heavy atom. The van der Waals surface area contributed by atoms with Crippen LogP contribution in [-0.2, 0) is 33.4 Å². The molecule has 1 saturated carbocycles. The van der Waals surface area contributed by atoms with Gasteiger partial charge in [-0.1, -0.05) is 114 Å². The van der Waals surface area contributed by atoms with Crippen molar-refractivity contribution in [3.8, 4) is 11.1 Å². The highest BCUT2D eigenvalue weighted by Crippen LogP contribution is 2.45. The van der Waals surface area contributed by atoms with Crippen LogP contribution in [-0.4, -0.2) is 90.2 Å². The SMILES string of the molecule is CC(C)(C)OC(=O)Nc1nc(C(=NOC2(C(=O)OC(c3ccccc3)c3ccccc3)CC2)C(=O)N[C@@H]2C(=O)N[C@H]2CNCCNC(=O)OCC2c3ccccc3-c3ccccc32)cs1. The fourth-order valence-corrected chi connectivity index (χ4v) is 8.24. The van der Waals surface area contributed by atoms with Gasteiger partial charge in [0.25, 0.3) is 5.91 Å². The Balaban J connectivity index is 0.881. The summed E-state index contributed by atoms with van der Waals surface area (Å²) in [6.45, 7) is 6.19. The van der Waals surface area contributed by atoms with Gasteiger partial charge in [0.2, 0.25) is 11.5 Å². The average Bonchev–Trinajstić information content (AvgIpc) is 3.85. The summed E-state index contributed by atoms with van der Waals surface area (Å²) in [5.41, 5.74) is 3.47. The third-order valence-electron chi connectivity index (χ3n) is 11.0. The highest BCUT2D eigenvalue weighted by atomic mass is 32.1. The van der Waals surface area contributed by atoms with E-state index in [1.807, 2.05) is 84.9 Å². The first-order chi connectivity index (χ1) is 31.4. The second-order valence-electron chi connectivity index (χ2n) is 16.8. The molecule has 5 N–H and O–H groups in total. The topological polar surface area (TPSA) is 208 Å². The monoisotopic (exact) mass is 899 g/mol. The summed E-state index contributed by atoms with van der Waals surface area (Å²) in [4.78, 5) is 76.1. The van der Waals surface area contributed by atoms with Crippen LogP contribution in [0.1, 0.15) is 73.6 Å². The van der Waals surface area contributed by atoms with Crippen LogP contribution in [0.2, 0.25) is 0 Å². The van der Waals surface area contributed by atoms with E-state index < -0.39 is 59.4 Å². The summed E-state index contributed by atoms with van der Waals surface area (Å²) in [5.74, 6) is -1.96. The molecule has 4 aromatic carbocycles. The van der Waals surface area contributed by atoms with Crippen molar-refractivity contribution >= 4 is 52.2 Å². The van der Waals surface area contributed by atoms with E-state index in [0.717, 1.165) is 44.7 Å². The third kappa shape index (κ3) is 10.6. The second-order valence-corrected chi connectivity index (χ2v) is 17.7. The van der Waals surface area contributed by atoms with Crippen molar-refractivity contribution in [2.75, 3.05) is 31.6 Å². The van der Waals surface area contributed by atoms with Gasteiger partial charge in [0.15, 0.2) is 16.9 Å². The van der Waals surface area contributed by atoms with Crippen LogP contribution in [0.25, 0.3) is 11.1 Å². The molecule has 16 nitrogen and oxygen atoms in total. The predicted molar refractivity (Wildman–Crippen MR) is 242 cm³/mol. The molecule has 3 aliphatic rings. The maximum absolute atomic E-state index is 14.0. The minimum Gasteiger partial charge on any atom is -0.450 e. The molecule has 1 aliphatic heterocycles. The van der Waals surface area contributed by atoms with Crippen LogP contribution in [0.4, 0.5) is 14.7 Å². The molecule has 2 aliphatic carbocycles. The molecule has 0 spiro atoms. The molecule has 0 bridgehead atoms. The van der Waals surface area contributed by atoms with E-state index in [1.165, 1.54) is 5.38 Å². The molecule has 2 heterocycles. The highest BCUT2D eigenvalue weighted by Gasteiger charge is 2.56. The largest absolute Gasteiger partial charge is 0.450 e. The predicted octanol–water partition coefficient (Wildman–Crippen LogP) is 6.19. The van der Waals surface area contributed by atoms with Crippen molar-refractivity contribution < 1.29 is 43.0 Å². The molecule has 4 amide bonds. The molecule has 0 radical (unpaired) electrons. The van der Waals surface area contributed by atoms with Gasteiger partial charge in [-0.2, -0.15) is 0 Å². The van der Waals surface area contributed by atoms with Crippen LogP contribution in [0.5, 0.6) is 0 Å². The Kier molecular flexibility index (Phi) is 13.2. The number of aromatic nitrogens is 1. The van der Waals surface area contributed by atoms with Crippen LogP contribution in [0.15, 0.2) is 120 Å². The van der Waals surface area contributed by atoms with Crippen molar-refractivity contribution in [2.45, 2.75) is 68.9 Å². The van der Waals surface area contributed by atoms with E-state index in [2.05, 4.69) is 61.0 Å². The number of ether oxygens (including phenoxy) is 3. The quantitative estimate of drug-likeness (QED) is 0.0178. The number of thiazole rings is 1. The highest BCUT2D eigenvalue weighted by molar-refractivity contribution is 7.14. The molecule has 1 aromatic heterocycles. The van der Waals surface area contributed by atoms with Gasteiger partial charge in [-0.25, -0.2) is 19.4 Å². The maximum Gasteiger partial charge on any atom is 0.413 e.